The first-order chi connectivity index (χ1) is 7.07. The lowest BCUT2D eigenvalue weighted by atomic mass is 10.1. The molecule has 0 saturated heterocycles. The topological polar surface area (TPSA) is 107 Å². The van der Waals surface area contributed by atoms with E-state index in [9.17, 15) is 9.59 Å². The van der Waals surface area contributed by atoms with Gasteiger partial charge < -0.3 is 21.5 Å². The summed E-state index contributed by atoms with van der Waals surface area (Å²) in [5, 5.41) is 2.63. The average Bonchev–Trinajstić information content (AvgIpc) is 2.20. The van der Waals surface area contributed by atoms with E-state index < -0.39 is 6.09 Å². The van der Waals surface area contributed by atoms with Crippen molar-refractivity contribution in [2.24, 2.45) is 17.4 Å². The number of hydrogen-bond donors (Lipinski definition) is 3. The van der Waals surface area contributed by atoms with Crippen LogP contribution in [-0.4, -0.2) is 31.7 Å². The van der Waals surface area contributed by atoms with Crippen LogP contribution in [0.2, 0.25) is 0 Å². The summed E-state index contributed by atoms with van der Waals surface area (Å²) in [5.74, 6) is -0.126. The highest BCUT2D eigenvalue weighted by Crippen LogP contribution is 2.03. The van der Waals surface area contributed by atoms with Gasteiger partial charge in [0.15, 0.2) is 0 Å². The third kappa shape index (κ3) is 7.75. The second-order valence-electron chi connectivity index (χ2n) is 3.29. The van der Waals surface area contributed by atoms with Gasteiger partial charge in [0.25, 0.3) is 0 Å². The number of carbonyl (C=O) groups is 2. The minimum atomic E-state index is -0.833. The summed E-state index contributed by atoms with van der Waals surface area (Å²) < 4.78 is 4.46. The second-order valence-corrected chi connectivity index (χ2v) is 3.29. The molecule has 0 radical (unpaired) electrons. The van der Waals surface area contributed by atoms with Gasteiger partial charge in [0.05, 0.1) is 6.54 Å². The first-order valence-electron chi connectivity index (χ1n) is 4.98. The van der Waals surface area contributed by atoms with Gasteiger partial charge in [-0.05, 0) is 19.4 Å². The second kappa shape index (κ2) is 8.05. The fourth-order valence-electron chi connectivity index (χ4n) is 1.06. The summed E-state index contributed by atoms with van der Waals surface area (Å²) in [7, 11) is 0. The Morgan fingerprint density at radius 2 is 2.13 bits per heavy atom. The molecule has 0 aromatic rings. The zero-order chi connectivity index (χ0) is 11.7. The van der Waals surface area contributed by atoms with Crippen LogP contribution in [0.1, 0.15) is 19.8 Å². The van der Waals surface area contributed by atoms with Crippen molar-refractivity contribution in [1.82, 2.24) is 5.32 Å². The van der Waals surface area contributed by atoms with Crippen molar-refractivity contribution in [2.45, 2.75) is 19.8 Å². The van der Waals surface area contributed by atoms with Gasteiger partial charge >= 0.3 is 6.09 Å². The van der Waals surface area contributed by atoms with Crippen molar-refractivity contribution < 1.29 is 14.3 Å². The molecule has 6 heteroatoms. The lowest BCUT2D eigenvalue weighted by Gasteiger charge is -2.11. The largest absolute Gasteiger partial charge is 0.448 e. The highest BCUT2D eigenvalue weighted by atomic mass is 16.5. The predicted molar refractivity (Wildman–Crippen MR) is 56.0 cm³/mol. The first kappa shape index (κ1) is 13.7. The third-order valence-electron chi connectivity index (χ3n) is 1.93. The average molecular weight is 217 g/mol. The highest BCUT2D eigenvalue weighted by Gasteiger charge is 2.11. The van der Waals surface area contributed by atoms with Crippen LogP contribution in [0.3, 0.4) is 0 Å². The van der Waals surface area contributed by atoms with Gasteiger partial charge in [-0.15, -0.1) is 0 Å². The zero-order valence-electron chi connectivity index (χ0n) is 8.99. The van der Waals surface area contributed by atoms with Gasteiger partial charge in [0.1, 0.15) is 6.61 Å². The van der Waals surface area contributed by atoms with Crippen molar-refractivity contribution in [3.05, 3.63) is 0 Å². The Kier molecular flexibility index (Phi) is 7.35. The quantitative estimate of drug-likeness (QED) is 0.503. The summed E-state index contributed by atoms with van der Waals surface area (Å²) >= 11 is 0. The van der Waals surface area contributed by atoms with Crippen LogP contribution in [0, 0.1) is 5.92 Å². The van der Waals surface area contributed by atoms with Crippen LogP contribution in [0.15, 0.2) is 0 Å². The first-order valence-corrected chi connectivity index (χ1v) is 4.98. The number of hydrogen-bond acceptors (Lipinski definition) is 4. The van der Waals surface area contributed by atoms with E-state index in [1.54, 1.807) is 0 Å². The molecular formula is C9H19N3O3. The molecular weight excluding hydrogens is 198 g/mol. The van der Waals surface area contributed by atoms with E-state index in [1.165, 1.54) is 0 Å². The normalized spacial score (nSPS) is 11.9. The van der Waals surface area contributed by atoms with E-state index in [0.29, 0.717) is 6.54 Å². The Hall–Kier alpha value is -1.30. The summed E-state index contributed by atoms with van der Waals surface area (Å²) in [5.41, 5.74) is 10.1. The van der Waals surface area contributed by atoms with Gasteiger partial charge in [-0.2, -0.15) is 0 Å². The molecule has 0 fully saturated rings. The smallest absolute Gasteiger partial charge is 0.404 e. The van der Waals surface area contributed by atoms with Gasteiger partial charge in [-0.1, -0.05) is 6.92 Å². The maximum Gasteiger partial charge on any atom is 0.404 e. The molecule has 0 spiro atoms. The van der Waals surface area contributed by atoms with Crippen LogP contribution >= 0.6 is 0 Å². The molecule has 0 saturated carbocycles. The molecule has 0 aliphatic heterocycles. The molecule has 0 aliphatic carbocycles. The van der Waals surface area contributed by atoms with Crippen molar-refractivity contribution in [2.75, 3.05) is 19.7 Å². The Labute approximate surface area is 89.3 Å². The Bertz CT molecular complexity index is 209. The van der Waals surface area contributed by atoms with E-state index in [-0.39, 0.29) is 25.0 Å². The molecule has 1 atom stereocenters. The van der Waals surface area contributed by atoms with Crippen molar-refractivity contribution in [3.8, 4) is 0 Å². The number of nitrogens with one attached hydrogen (secondary N) is 1. The van der Waals surface area contributed by atoms with Gasteiger partial charge in [-0.3, -0.25) is 4.79 Å². The van der Waals surface area contributed by atoms with Crippen LogP contribution in [-0.2, 0) is 9.53 Å². The van der Waals surface area contributed by atoms with Crippen molar-refractivity contribution in [3.63, 3.8) is 0 Å². The van der Waals surface area contributed by atoms with Crippen molar-refractivity contribution in [1.29, 1.82) is 0 Å². The predicted octanol–water partition coefficient (Wildman–Crippen LogP) is -0.427. The number of rotatable bonds is 7. The summed E-state index contributed by atoms with van der Waals surface area (Å²) in [4.78, 5) is 21.6. The molecule has 0 rings (SSSR count). The third-order valence-corrected chi connectivity index (χ3v) is 1.93. The molecule has 6 nitrogen and oxygen atoms in total. The molecule has 1 unspecified atom stereocenters. The monoisotopic (exact) mass is 217 g/mol. The van der Waals surface area contributed by atoms with Gasteiger partial charge in [-0.25, -0.2) is 4.79 Å². The van der Waals surface area contributed by atoms with Gasteiger partial charge in [0.2, 0.25) is 5.91 Å². The molecule has 2 amide bonds. The SMILES string of the molecule is CC(CCCN)C(=O)NCCOC(N)=O. The molecule has 0 bridgehead atoms. The summed E-state index contributed by atoms with van der Waals surface area (Å²) in [6, 6.07) is 0. The molecule has 15 heavy (non-hydrogen) atoms. The minimum Gasteiger partial charge on any atom is -0.448 e. The van der Waals surface area contributed by atoms with E-state index in [2.05, 4.69) is 10.1 Å². The Balaban J connectivity index is 3.51. The standard InChI is InChI=1S/C9H19N3O3/c1-7(3-2-4-10)8(13)12-5-6-15-9(11)14/h7H,2-6,10H2,1H3,(H2,11,14)(H,12,13). The molecule has 0 aliphatic rings. The minimum absolute atomic E-state index is 0.0588. The maximum atomic E-state index is 11.4. The summed E-state index contributed by atoms with van der Waals surface area (Å²) in [6.07, 6.45) is 0.756. The van der Waals surface area contributed by atoms with Crippen LogP contribution < -0.4 is 16.8 Å². The lowest BCUT2D eigenvalue weighted by molar-refractivity contribution is -0.124. The number of ether oxygens (including phenoxy) is 1. The fraction of sp³-hybridized carbons (Fsp3) is 0.778. The highest BCUT2D eigenvalue weighted by molar-refractivity contribution is 5.78. The number of nitrogens with two attached hydrogens (primary N) is 2. The fourth-order valence-corrected chi connectivity index (χ4v) is 1.06. The molecule has 0 heterocycles. The number of amides is 2. The van der Waals surface area contributed by atoms with E-state index in [0.717, 1.165) is 12.8 Å². The van der Waals surface area contributed by atoms with Gasteiger partial charge in [0, 0.05) is 5.92 Å². The Morgan fingerprint density at radius 1 is 1.47 bits per heavy atom. The lowest BCUT2D eigenvalue weighted by Crippen LogP contribution is -2.33. The number of carbonyl (C=O) groups excluding carboxylic acids is 2. The van der Waals surface area contributed by atoms with E-state index in [1.807, 2.05) is 6.92 Å². The van der Waals surface area contributed by atoms with Crippen LogP contribution in [0.25, 0.3) is 0 Å². The zero-order valence-corrected chi connectivity index (χ0v) is 8.99. The molecule has 0 aromatic carbocycles. The summed E-state index contributed by atoms with van der Waals surface area (Å²) in [6.45, 7) is 2.81. The molecule has 0 aromatic heterocycles. The van der Waals surface area contributed by atoms with E-state index >= 15 is 0 Å². The Morgan fingerprint density at radius 3 is 2.67 bits per heavy atom. The molecule has 5 N–H and O–H groups in total. The number of primary amides is 1. The van der Waals surface area contributed by atoms with Crippen LogP contribution in [0.5, 0.6) is 0 Å². The van der Waals surface area contributed by atoms with E-state index in [4.69, 9.17) is 11.5 Å². The maximum absolute atomic E-state index is 11.4. The van der Waals surface area contributed by atoms with Crippen molar-refractivity contribution >= 4 is 12.0 Å². The molecule has 88 valence electrons. The van der Waals surface area contributed by atoms with Crippen LogP contribution in [0.4, 0.5) is 4.79 Å².